The summed E-state index contributed by atoms with van der Waals surface area (Å²) in [6.07, 6.45) is 3.60. The fourth-order valence-electron chi connectivity index (χ4n) is 4.38. The van der Waals surface area contributed by atoms with Crippen molar-refractivity contribution in [1.29, 1.82) is 0 Å². The lowest BCUT2D eigenvalue weighted by atomic mass is 9.90. The van der Waals surface area contributed by atoms with E-state index in [1.165, 1.54) is 45.0 Å². The minimum atomic E-state index is 0.102. The number of aliphatic hydroxyl groups is 1. The van der Waals surface area contributed by atoms with Crippen molar-refractivity contribution in [2.24, 2.45) is 0 Å². The van der Waals surface area contributed by atoms with Crippen molar-refractivity contribution in [1.82, 2.24) is 4.90 Å². The number of fused-ring (bicyclic) bond motifs is 2. The number of rotatable bonds is 6. The number of benzene rings is 2. The highest BCUT2D eigenvalue weighted by Crippen LogP contribution is 2.34. The van der Waals surface area contributed by atoms with E-state index in [-0.39, 0.29) is 6.61 Å². The Labute approximate surface area is 183 Å². The summed E-state index contributed by atoms with van der Waals surface area (Å²) in [5.74, 6) is 0.570. The molecule has 1 saturated heterocycles. The maximum Gasteiger partial charge on any atom is 0.0698 e. The molecule has 0 saturated carbocycles. The Morgan fingerprint density at radius 1 is 0.867 bits per heavy atom. The molecule has 0 amide bonds. The molecule has 0 bridgehead atoms. The first kappa shape index (κ1) is 21.3. The lowest BCUT2D eigenvalue weighted by molar-refractivity contribution is 0.0743. The fraction of sp³-hybridized carbons (Fsp3) is 0.385. The van der Waals surface area contributed by atoms with Gasteiger partial charge in [-0.05, 0) is 66.7 Å². The zero-order chi connectivity index (χ0) is 20.6. The normalized spacial score (nSPS) is 17.7. The van der Waals surface area contributed by atoms with Crippen LogP contribution in [0.5, 0.6) is 0 Å². The molecule has 1 N–H and O–H groups in total. The molecule has 4 rings (SSSR count). The van der Waals surface area contributed by atoms with Crippen LogP contribution < -0.4 is 0 Å². The monoisotopic (exact) mass is 421 g/mol. The number of aliphatic hydroxyl groups excluding tert-OH is 1. The van der Waals surface area contributed by atoms with Crippen LogP contribution in [0.25, 0.3) is 20.2 Å². The Morgan fingerprint density at radius 2 is 1.67 bits per heavy atom. The molecular weight excluding hydrogens is 390 g/mol. The van der Waals surface area contributed by atoms with Gasteiger partial charge < -0.3 is 14.7 Å². The average Bonchev–Trinajstić information content (AvgIpc) is 2.97. The van der Waals surface area contributed by atoms with Crippen LogP contribution in [0.15, 0.2) is 66.7 Å². The van der Waals surface area contributed by atoms with Gasteiger partial charge in [-0.1, -0.05) is 54.6 Å². The molecular formula is C26H31NO2S. The smallest absolute Gasteiger partial charge is 0.0698 e. The predicted molar refractivity (Wildman–Crippen MR) is 128 cm³/mol. The first-order valence-electron chi connectivity index (χ1n) is 11.0. The highest BCUT2D eigenvalue weighted by atomic mass is 32.1. The van der Waals surface area contributed by atoms with E-state index < -0.39 is 0 Å². The van der Waals surface area contributed by atoms with Crippen molar-refractivity contribution >= 4 is 31.5 Å². The number of nitrogens with zero attached hydrogens (tertiary/aromatic N) is 1. The van der Waals surface area contributed by atoms with Crippen LogP contribution in [0.3, 0.4) is 0 Å². The molecule has 1 aromatic heterocycles. The van der Waals surface area contributed by atoms with E-state index in [0.29, 0.717) is 19.1 Å². The lowest BCUT2D eigenvalue weighted by Gasteiger charge is -2.20. The molecule has 3 aromatic rings. The summed E-state index contributed by atoms with van der Waals surface area (Å²) >= 11 is 1.88. The number of ether oxygens (including phenoxy) is 1. The Balaban J connectivity index is 1.64. The SMILES string of the molecule is OCCOCCN1CCCC(c2cccc3ccccc3sc3ccccc23)CC1. The molecule has 0 radical (unpaired) electrons. The summed E-state index contributed by atoms with van der Waals surface area (Å²) in [6.45, 7) is 4.42. The maximum atomic E-state index is 8.88. The van der Waals surface area contributed by atoms with Gasteiger partial charge in [-0.2, -0.15) is 0 Å². The summed E-state index contributed by atoms with van der Waals surface area (Å²) in [5.41, 5.74) is 1.47. The summed E-state index contributed by atoms with van der Waals surface area (Å²) < 4.78 is 8.13. The topological polar surface area (TPSA) is 32.7 Å². The average molecular weight is 422 g/mol. The highest BCUT2D eigenvalue weighted by Gasteiger charge is 2.19. The standard InChI is InChI=1S/C26H31NO2S/c28-18-20-29-19-17-27-15-6-9-21(14-16-27)23-11-5-8-22-7-1-3-12-25(22)30-26-13-4-2-10-24(23)26/h1-5,7-8,10-13,21,28H,6,9,14-20H2. The maximum absolute atomic E-state index is 8.88. The van der Waals surface area contributed by atoms with E-state index in [9.17, 15) is 0 Å². The highest BCUT2D eigenvalue weighted by molar-refractivity contribution is 7.24. The van der Waals surface area contributed by atoms with Gasteiger partial charge in [-0.3, -0.25) is 0 Å². The molecule has 158 valence electrons. The first-order chi connectivity index (χ1) is 14.8. The van der Waals surface area contributed by atoms with Gasteiger partial charge >= 0.3 is 0 Å². The second kappa shape index (κ2) is 10.9. The van der Waals surface area contributed by atoms with Gasteiger partial charge in [0.05, 0.1) is 19.8 Å². The van der Waals surface area contributed by atoms with E-state index in [0.717, 1.165) is 19.6 Å². The lowest BCUT2D eigenvalue weighted by Crippen LogP contribution is -2.29. The molecule has 0 aliphatic carbocycles. The van der Waals surface area contributed by atoms with E-state index in [1.54, 1.807) is 0 Å². The molecule has 1 aliphatic heterocycles. The molecule has 0 spiro atoms. The van der Waals surface area contributed by atoms with E-state index in [1.807, 2.05) is 11.3 Å². The Bertz CT molecular complexity index is 1010. The quantitative estimate of drug-likeness (QED) is 0.514. The van der Waals surface area contributed by atoms with Gasteiger partial charge in [-0.25, -0.2) is 0 Å². The summed E-state index contributed by atoms with van der Waals surface area (Å²) in [7, 11) is 0. The van der Waals surface area contributed by atoms with Crippen molar-refractivity contribution in [3.05, 3.63) is 72.3 Å². The van der Waals surface area contributed by atoms with Crippen LogP contribution in [0.1, 0.15) is 30.7 Å². The summed E-state index contributed by atoms with van der Waals surface area (Å²) in [5, 5.41) is 11.5. The van der Waals surface area contributed by atoms with Gasteiger partial charge in [0.2, 0.25) is 0 Å². The van der Waals surface area contributed by atoms with Crippen LogP contribution >= 0.6 is 11.3 Å². The Morgan fingerprint density at radius 3 is 2.57 bits per heavy atom. The molecule has 2 aromatic carbocycles. The number of hydrogen-bond donors (Lipinski definition) is 1. The number of likely N-dealkylation sites (tertiary alicyclic amines) is 1. The molecule has 1 atom stereocenters. The second-order valence-electron chi connectivity index (χ2n) is 7.92. The van der Waals surface area contributed by atoms with Crippen molar-refractivity contribution < 1.29 is 9.84 Å². The predicted octanol–water partition coefficient (Wildman–Crippen LogP) is 5.76. The third-order valence-corrected chi connectivity index (χ3v) is 7.10. The van der Waals surface area contributed by atoms with Gasteiger partial charge in [-0.15, -0.1) is 11.3 Å². The third-order valence-electron chi connectivity index (χ3n) is 5.94. The zero-order valence-corrected chi connectivity index (χ0v) is 18.3. The van der Waals surface area contributed by atoms with Crippen LogP contribution in [-0.2, 0) is 4.74 Å². The van der Waals surface area contributed by atoms with Crippen molar-refractivity contribution in [3.8, 4) is 0 Å². The molecule has 2 heterocycles. The van der Waals surface area contributed by atoms with Crippen LogP contribution in [0.4, 0.5) is 0 Å². The Kier molecular flexibility index (Phi) is 7.70. The largest absolute Gasteiger partial charge is 0.394 e. The Hall–Kier alpha value is -1.98. The molecule has 4 heteroatoms. The number of hydrogen-bond acceptors (Lipinski definition) is 4. The van der Waals surface area contributed by atoms with Crippen LogP contribution in [0, 0.1) is 0 Å². The van der Waals surface area contributed by atoms with E-state index in [4.69, 9.17) is 9.84 Å². The van der Waals surface area contributed by atoms with E-state index >= 15 is 0 Å². The van der Waals surface area contributed by atoms with Gasteiger partial charge in [0.15, 0.2) is 0 Å². The molecule has 1 unspecified atom stereocenters. The molecule has 1 aliphatic rings. The second-order valence-corrected chi connectivity index (χ2v) is 9.01. The molecule has 30 heavy (non-hydrogen) atoms. The fourth-order valence-corrected chi connectivity index (χ4v) is 5.46. The first-order valence-corrected chi connectivity index (χ1v) is 11.8. The van der Waals surface area contributed by atoms with Gasteiger partial charge in [0.25, 0.3) is 0 Å². The summed E-state index contributed by atoms with van der Waals surface area (Å²) in [6, 6.07) is 24.4. The van der Waals surface area contributed by atoms with E-state index in [2.05, 4.69) is 71.6 Å². The van der Waals surface area contributed by atoms with Gasteiger partial charge in [0.1, 0.15) is 0 Å². The van der Waals surface area contributed by atoms with Crippen molar-refractivity contribution in [2.75, 3.05) is 39.5 Å². The minimum Gasteiger partial charge on any atom is -0.394 e. The summed E-state index contributed by atoms with van der Waals surface area (Å²) in [4.78, 5) is 2.51. The van der Waals surface area contributed by atoms with Crippen LogP contribution in [-0.4, -0.2) is 49.5 Å². The van der Waals surface area contributed by atoms with Crippen molar-refractivity contribution in [3.63, 3.8) is 0 Å². The molecule has 1 fully saturated rings. The van der Waals surface area contributed by atoms with Gasteiger partial charge in [0, 0.05) is 15.9 Å². The minimum absolute atomic E-state index is 0.102. The zero-order valence-electron chi connectivity index (χ0n) is 17.5. The van der Waals surface area contributed by atoms with Crippen molar-refractivity contribution in [2.45, 2.75) is 25.2 Å². The molecule has 3 nitrogen and oxygen atoms in total. The van der Waals surface area contributed by atoms with Crippen LogP contribution in [0.2, 0.25) is 0 Å². The third kappa shape index (κ3) is 5.38.